The van der Waals surface area contributed by atoms with E-state index in [1.807, 2.05) is 12.1 Å². The van der Waals surface area contributed by atoms with Gasteiger partial charge in [0.25, 0.3) is 0 Å². The van der Waals surface area contributed by atoms with Crippen LogP contribution in [0.15, 0.2) is 18.2 Å². The zero-order valence-corrected chi connectivity index (χ0v) is 12.0. The number of aryl methyl sites for hydroxylation is 1. The van der Waals surface area contributed by atoms with Gasteiger partial charge in [-0.05, 0) is 37.2 Å². The maximum absolute atomic E-state index is 14.2. The molecule has 3 N–H and O–H groups in total. The number of rotatable bonds is 4. The number of hydrogen-bond acceptors (Lipinski definition) is 2. The van der Waals surface area contributed by atoms with E-state index >= 15 is 0 Å². The molecule has 1 aliphatic rings. The number of nitrogens with two attached hydrogens (primary N) is 1. The lowest BCUT2D eigenvalue weighted by Crippen LogP contribution is -2.36. The molecule has 1 aromatic rings. The second-order valence-corrected chi connectivity index (χ2v) is 5.81. The fraction of sp³-hybridized carbons (Fsp3) is 0.625. The van der Waals surface area contributed by atoms with Crippen LogP contribution in [0.3, 0.4) is 0 Å². The van der Waals surface area contributed by atoms with Gasteiger partial charge in [-0.2, -0.15) is 0 Å². The molecule has 106 valence electrons. The largest absolute Gasteiger partial charge is 0.271 e. The lowest BCUT2D eigenvalue weighted by atomic mass is 9.76. The van der Waals surface area contributed by atoms with Gasteiger partial charge in [0.05, 0.1) is 6.04 Å². The second kappa shape index (κ2) is 6.49. The summed E-state index contributed by atoms with van der Waals surface area (Å²) in [4.78, 5) is 0. The molecule has 1 aromatic carbocycles. The van der Waals surface area contributed by atoms with Gasteiger partial charge in [0.1, 0.15) is 5.82 Å². The second-order valence-electron chi connectivity index (χ2n) is 5.81. The predicted octanol–water partition coefficient (Wildman–Crippen LogP) is 3.85. The van der Waals surface area contributed by atoms with Crippen LogP contribution in [0, 0.1) is 24.6 Å². The highest BCUT2D eigenvalue weighted by molar-refractivity contribution is 5.28. The van der Waals surface area contributed by atoms with E-state index in [-0.39, 0.29) is 11.9 Å². The Morgan fingerprint density at radius 1 is 1.32 bits per heavy atom. The summed E-state index contributed by atoms with van der Waals surface area (Å²) in [5.74, 6) is 6.89. The van der Waals surface area contributed by atoms with Crippen molar-refractivity contribution in [2.75, 3.05) is 0 Å². The van der Waals surface area contributed by atoms with Crippen molar-refractivity contribution < 1.29 is 4.39 Å². The first-order chi connectivity index (χ1) is 9.17. The molecular weight excluding hydrogens is 239 g/mol. The van der Waals surface area contributed by atoms with Gasteiger partial charge in [-0.25, -0.2) is 4.39 Å². The Kier molecular flexibility index (Phi) is 4.94. The minimum Gasteiger partial charge on any atom is -0.271 e. The summed E-state index contributed by atoms with van der Waals surface area (Å²) in [5.41, 5.74) is 4.27. The Hall–Kier alpha value is -0.930. The Morgan fingerprint density at radius 3 is 2.58 bits per heavy atom. The highest BCUT2D eigenvalue weighted by Crippen LogP contribution is 2.38. The van der Waals surface area contributed by atoms with Gasteiger partial charge in [0.15, 0.2) is 0 Å². The van der Waals surface area contributed by atoms with E-state index in [1.54, 1.807) is 13.0 Å². The van der Waals surface area contributed by atoms with Crippen molar-refractivity contribution in [3.05, 3.63) is 35.1 Å². The summed E-state index contributed by atoms with van der Waals surface area (Å²) >= 11 is 0. The number of hydrogen-bond donors (Lipinski definition) is 2. The van der Waals surface area contributed by atoms with Gasteiger partial charge in [0, 0.05) is 5.56 Å². The minimum atomic E-state index is -0.108. The smallest absolute Gasteiger partial charge is 0.130 e. The van der Waals surface area contributed by atoms with E-state index in [0.717, 1.165) is 24.3 Å². The zero-order valence-electron chi connectivity index (χ0n) is 12.0. The molecule has 1 fully saturated rings. The monoisotopic (exact) mass is 264 g/mol. The van der Waals surface area contributed by atoms with Gasteiger partial charge in [-0.15, -0.1) is 0 Å². The van der Waals surface area contributed by atoms with E-state index in [9.17, 15) is 4.39 Å². The lowest BCUT2D eigenvalue weighted by Gasteiger charge is -2.33. The quantitative estimate of drug-likeness (QED) is 0.640. The normalized spacial score (nSPS) is 25.3. The fourth-order valence-electron chi connectivity index (χ4n) is 3.32. The molecule has 0 heterocycles. The van der Waals surface area contributed by atoms with Crippen LogP contribution in [0.25, 0.3) is 0 Å². The predicted molar refractivity (Wildman–Crippen MR) is 76.9 cm³/mol. The molecule has 1 unspecified atom stereocenters. The molecular formula is C16H25FN2. The Balaban J connectivity index is 2.14. The third kappa shape index (κ3) is 3.15. The maximum atomic E-state index is 14.2. The van der Waals surface area contributed by atoms with E-state index in [0.29, 0.717) is 11.5 Å². The van der Waals surface area contributed by atoms with E-state index < -0.39 is 0 Å². The molecule has 1 saturated carbocycles. The van der Waals surface area contributed by atoms with Crippen LogP contribution in [-0.2, 0) is 0 Å². The van der Waals surface area contributed by atoms with Crippen LogP contribution in [0.5, 0.6) is 0 Å². The topological polar surface area (TPSA) is 38.0 Å². The van der Waals surface area contributed by atoms with Crippen molar-refractivity contribution >= 4 is 0 Å². The lowest BCUT2D eigenvalue weighted by molar-refractivity contribution is 0.216. The summed E-state index contributed by atoms with van der Waals surface area (Å²) in [5, 5.41) is 0. The average Bonchev–Trinajstić information content (AvgIpc) is 2.45. The first-order valence-corrected chi connectivity index (χ1v) is 7.38. The molecule has 19 heavy (non-hydrogen) atoms. The molecule has 1 aliphatic carbocycles. The molecule has 0 spiro atoms. The molecule has 2 nitrogen and oxygen atoms in total. The average molecular weight is 264 g/mol. The van der Waals surface area contributed by atoms with Crippen molar-refractivity contribution in [1.82, 2.24) is 5.43 Å². The zero-order chi connectivity index (χ0) is 13.8. The SMILES string of the molecule is CCC1CCC(C(NN)c2cccc(C)c2F)CC1. The Morgan fingerprint density at radius 2 is 2.00 bits per heavy atom. The summed E-state index contributed by atoms with van der Waals surface area (Å²) < 4.78 is 14.2. The van der Waals surface area contributed by atoms with Crippen molar-refractivity contribution in [3.63, 3.8) is 0 Å². The van der Waals surface area contributed by atoms with Crippen molar-refractivity contribution in [2.45, 2.75) is 52.0 Å². The molecule has 0 radical (unpaired) electrons. The maximum Gasteiger partial charge on any atom is 0.130 e. The van der Waals surface area contributed by atoms with Crippen LogP contribution in [0.2, 0.25) is 0 Å². The molecule has 0 aromatic heterocycles. The number of halogens is 1. The van der Waals surface area contributed by atoms with Gasteiger partial charge in [0.2, 0.25) is 0 Å². The van der Waals surface area contributed by atoms with Gasteiger partial charge >= 0.3 is 0 Å². The Labute approximate surface area is 115 Å². The van der Waals surface area contributed by atoms with E-state index in [2.05, 4.69) is 12.3 Å². The fourth-order valence-corrected chi connectivity index (χ4v) is 3.32. The van der Waals surface area contributed by atoms with Gasteiger partial charge in [-0.3, -0.25) is 11.3 Å². The van der Waals surface area contributed by atoms with Gasteiger partial charge < -0.3 is 0 Å². The molecule has 0 saturated heterocycles. The molecule has 1 atom stereocenters. The molecule has 0 bridgehead atoms. The summed E-state index contributed by atoms with van der Waals surface area (Å²) in [6.45, 7) is 4.06. The van der Waals surface area contributed by atoms with Crippen molar-refractivity contribution in [3.8, 4) is 0 Å². The first kappa shape index (κ1) is 14.5. The number of nitrogens with one attached hydrogen (secondary N) is 1. The first-order valence-electron chi connectivity index (χ1n) is 7.38. The third-order valence-corrected chi connectivity index (χ3v) is 4.68. The number of benzene rings is 1. The summed E-state index contributed by atoms with van der Waals surface area (Å²) in [6.07, 6.45) is 6.02. The van der Waals surface area contributed by atoms with E-state index in [4.69, 9.17) is 5.84 Å². The Bertz CT molecular complexity index is 411. The molecule has 0 aliphatic heterocycles. The van der Waals surface area contributed by atoms with Crippen molar-refractivity contribution in [2.24, 2.45) is 17.7 Å². The van der Waals surface area contributed by atoms with Crippen LogP contribution >= 0.6 is 0 Å². The van der Waals surface area contributed by atoms with Crippen LogP contribution < -0.4 is 11.3 Å². The van der Waals surface area contributed by atoms with Crippen LogP contribution in [0.4, 0.5) is 4.39 Å². The summed E-state index contributed by atoms with van der Waals surface area (Å²) in [6, 6.07) is 5.52. The molecule has 2 rings (SSSR count). The highest BCUT2D eigenvalue weighted by atomic mass is 19.1. The third-order valence-electron chi connectivity index (χ3n) is 4.68. The minimum absolute atomic E-state index is 0.0577. The van der Waals surface area contributed by atoms with Crippen LogP contribution in [0.1, 0.15) is 56.2 Å². The highest BCUT2D eigenvalue weighted by Gasteiger charge is 2.29. The van der Waals surface area contributed by atoms with Crippen LogP contribution in [-0.4, -0.2) is 0 Å². The summed E-state index contributed by atoms with van der Waals surface area (Å²) in [7, 11) is 0. The molecule has 0 amide bonds. The molecule has 3 heteroatoms. The van der Waals surface area contributed by atoms with Crippen molar-refractivity contribution in [1.29, 1.82) is 0 Å². The van der Waals surface area contributed by atoms with Gasteiger partial charge in [-0.1, -0.05) is 44.4 Å². The standard InChI is InChI=1S/C16H25FN2/c1-3-12-7-9-13(10-8-12)16(19-18)14-6-4-5-11(2)15(14)17/h4-6,12-13,16,19H,3,7-10,18H2,1-2H3. The number of hydrazine groups is 1. The van der Waals surface area contributed by atoms with E-state index in [1.165, 1.54) is 19.3 Å².